The molecule has 1 fully saturated rings. The minimum Gasteiger partial charge on any atom is -0.388 e. The molecule has 1 aliphatic rings. The molecular formula is C16H24O. The second kappa shape index (κ2) is 5.22. The summed E-state index contributed by atoms with van der Waals surface area (Å²) in [6.45, 7) is 4.41. The zero-order chi connectivity index (χ0) is 12.3. The van der Waals surface area contributed by atoms with Crippen molar-refractivity contribution in [3.63, 3.8) is 0 Å². The molecule has 0 spiro atoms. The summed E-state index contributed by atoms with van der Waals surface area (Å²) in [6, 6.07) is 8.46. The van der Waals surface area contributed by atoms with Crippen LogP contribution in [0.15, 0.2) is 24.3 Å². The van der Waals surface area contributed by atoms with Crippen molar-refractivity contribution in [2.75, 3.05) is 0 Å². The third-order valence-corrected chi connectivity index (χ3v) is 4.33. The van der Waals surface area contributed by atoms with Crippen LogP contribution in [0.5, 0.6) is 0 Å². The minimum atomic E-state index is -0.297. The number of aliphatic hydroxyl groups is 1. The Morgan fingerprint density at radius 2 is 1.94 bits per heavy atom. The molecule has 1 saturated carbocycles. The second-order valence-electron chi connectivity index (χ2n) is 5.72. The topological polar surface area (TPSA) is 20.2 Å². The Bertz CT molecular complexity index is 364. The highest BCUT2D eigenvalue weighted by molar-refractivity contribution is 5.26. The largest absolute Gasteiger partial charge is 0.388 e. The molecule has 0 aromatic heterocycles. The molecule has 0 radical (unpaired) electrons. The summed E-state index contributed by atoms with van der Waals surface area (Å²) in [5.41, 5.74) is 2.51. The van der Waals surface area contributed by atoms with Crippen LogP contribution < -0.4 is 0 Å². The first-order chi connectivity index (χ1) is 8.15. The summed E-state index contributed by atoms with van der Waals surface area (Å²) in [4.78, 5) is 0. The number of aryl methyl sites for hydroxylation is 1. The highest BCUT2D eigenvalue weighted by Gasteiger charge is 2.35. The maximum Gasteiger partial charge on any atom is 0.0843 e. The Hall–Kier alpha value is -0.820. The molecule has 1 unspecified atom stereocenters. The molecule has 1 aromatic rings. The number of rotatable bonds is 3. The van der Waals surface area contributed by atoms with Crippen LogP contribution in [0.4, 0.5) is 0 Å². The molecule has 0 bridgehead atoms. The van der Waals surface area contributed by atoms with Crippen molar-refractivity contribution >= 4 is 0 Å². The highest BCUT2D eigenvalue weighted by Crippen LogP contribution is 2.45. The van der Waals surface area contributed by atoms with Crippen molar-refractivity contribution in [1.29, 1.82) is 0 Å². The fraction of sp³-hybridized carbons (Fsp3) is 0.625. The third kappa shape index (κ3) is 2.71. The van der Waals surface area contributed by atoms with Crippen LogP contribution in [0.3, 0.4) is 0 Å². The van der Waals surface area contributed by atoms with Crippen LogP contribution in [-0.4, -0.2) is 5.11 Å². The smallest absolute Gasteiger partial charge is 0.0843 e. The van der Waals surface area contributed by atoms with E-state index >= 15 is 0 Å². The van der Waals surface area contributed by atoms with Gasteiger partial charge in [-0.2, -0.15) is 0 Å². The fourth-order valence-corrected chi connectivity index (χ4v) is 3.02. The van der Waals surface area contributed by atoms with Crippen LogP contribution >= 0.6 is 0 Å². The van der Waals surface area contributed by atoms with E-state index in [2.05, 4.69) is 38.1 Å². The van der Waals surface area contributed by atoms with E-state index in [0.29, 0.717) is 0 Å². The van der Waals surface area contributed by atoms with Crippen LogP contribution in [0.1, 0.15) is 63.2 Å². The van der Waals surface area contributed by atoms with Gasteiger partial charge in [0.05, 0.1) is 6.10 Å². The standard InChI is InChI=1S/C16H24O/c1-3-13-8-7-9-14(12-13)15(17)16(2)10-5-4-6-11-16/h7-9,12,15,17H,3-6,10-11H2,1-2H3. The summed E-state index contributed by atoms with van der Waals surface area (Å²) in [7, 11) is 0. The average Bonchev–Trinajstić information content (AvgIpc) is 2.39. The van der Waals surface area contributed by atoms with Gasteiger partial charge in [-0.3, -0.25) is 0 Å². The first-order valence-corrected chi connectivity index (χ1v) is 6.92. The monoisotopic (exact) mass is 232 g/mol. The predicted octanol–water partition coefficient (Wildman–Crippen LogP) is 4.25. The van der Waals surface area contributed by atoms with E-state index in [1.807, 2.05) is 0 Å². The van der Waals surface area contributed by atoms with Crippen molar-refractivity contribution in [2.24, 2.45) is 5.41 Å². The predicted molar refractivity (Wildman–Crippen MR) is 72.0 cm³/mol. The SMILES string of the molecule is CCc1cccc(C(O)C2(C)CCCCC2)c1. The Labute approximate surface area is 105 Å². The number of benzene rings is 1. The van der Waals surface area contributed by atoms with Crippen LogP contribution in [0, 0.1) is 5.41 Å². The number of hydrogen-bond acceptors (Lipinski definition) is 1. The first kappa shape index (κ1) is 12.6. The highest BCUT2D eigenvalue weighted by atomic mass is 16.3. The molecular weight excluding hydrogens is 208 g/mol. The molecule has 2 rings (SSSR count). The Balaban J connectivity index is 2.19. The molecule has 1 heteroatoms. The van der Waals surface area contributed by atoms with Crippen LogP contribution in [0.2, 0.25) is 0 Å². The van der Waals surface area contributed by atoms with Gasteiger partial charge in [-0.25, -0.2) is 0 Å². The molecule has 1 aliphatic carbocycles. The molecule has 0 heterocycles. The van der Waals surface area contributed by atoms with Gasteiger partial charge in [0.2, 0.25) is 0 Å². The molecule has 0 aliphatic heterocycles. The molecule has 1 N–H and O–H groups in total. The second-order valence-corrected chi connectivity index (χ2v) is 5.72. The van der Waals surface area contributed by atoms with Crippen molar-refractivity contribution in [3.05, 3.63) is 35.4 Å². The van der Waals surface area contributed by atoms with Crippen molar-refractivity contribution < 1.29 is 5.11 Å². The zero-order valence-electron chi connectivity index (χ0n) is 11.1. The lowest BCUT2D eigenvalue weighted by Gasteiger charge is -2.38. The molecule has 1 atom stereocenters. The molecule has 17 heavy (non-hydrogen) atoms. The Kier molecular flexibility index (Phi) is 3.88. The summed E-state index contributed by atoms with van der Waals surface area (Å²) in [6.07, 6.45) is 6.92. The van der Waals surface area contributed by atoms with Crippen molar-refractivity contribution in [1.82, 2.24) is 0 Å². The zero-order valence-corrected chi connectivity index (χ0v) is 11.1. The van der Waals surface area contributed by atoms with Gasteiger partial charge in [0.15, 0.2) is 0 Å². The average molecular weight is 232 g/mol. The van der Waals surface area contributed by atoms with Crippen molar-refractivity contribution in [3.8, 4) is 0 Å². The van der Waals surface area contributed by atoms with Crippen LogP contribution in [-0.2, 0) is 6.42 Å². The van der Waals surface area contributed by atoms with Gasteiger partial charge < -0.3 is 5.11 Å². The summed E-state index contributed by atoms with van der Waals surface area (Å²) >= 11 is 0. The Morgan fingerprint density at radius 3 is 2.59 bits per heavy atom. The Morgan fingerprint density at radius 1 is 1.24 bits per heavy atom. The van der Waals surface area contributed by atoms with Gasteiger partial charge in [-0.15, -0.1) is 0 Å². The summed E-state index contributed by atoms with van der Waals surface area (Å²) < 4.78 is 0. The van der Waals surface area contributed by atoms with E-state index in [1.165, 1.54) is 24.8 Å². The van der Waals surface area contributed by atoms with E-state index in [0.717, 1.165) is 24.8 Å². The molecule has 1 aromatic carbocycles. The van der Waals surface area contributed by atoms with E-state index in [-0.39, 0.29) is 11.5 Å². The van der Waals surface area contributed by atoms with E-state index in [4.69, 9.17) is 0 Å². The normalized spacial score (nSPS) is 21.1. The molecule has 0 amide bonds. The van der Waals surface area contributed by atoms with Crippen molar-refractivity contribution in [2.45, 2.75) is 58.5 Å². The lowest BCUT2D eigenvalue weighted by atomic mass is 9.70. The lowest BCUT2D eigenvalue weighted by molar-refractivity contribution is 0.00815. The van der Waals surface area contributed by atoms with Gasteiger partial charge in [0.1, 0.15) is 0 Å². The number of hydrogen-bond donors (Lipinski definition) is 1. The molecule has 1 nitrogen and oxygen atoms in total. The van der Waals surface area contributed by atoms with E-state index < -0.39 is 0 Å². The summed E-state index contributed by atoms with van der Waals surface area (Å²) in [5, 5.41) is 10.6. The summed E-state index contributed by atoms with van der Waals surface area (Å²) in [5.74, 6) is 0. The van der Waals surface area contributed by atoms with E-state index in [1.54, 1.807) is 0 Å². The van der Waals surface area contributed by atoms with E-state index in [9.17, 15) is 5.11 Å². The van der Waals surface area contributed by atoms with Gasteiger partial charge in [0.25, 0.3) is 0 Å². The minimum absolute atomic E-state index is 0.0879. The van der Waals surface area contributed by atoms with Crippen LogP contribution in [0.25, 0.3) is 0 Å². The maximum absolute atomic E-state index is 10.6. The molecule has 0 saturated heterocycles. The fourth-order valence-electron chi connectivity index (χ4n) is 3.02. The van der Waals surface area contributed by atoms with Gasteiger partial charge in [0, 0.05) is 0 Å². The van der Waals surface area contributed by atoms with Gasteiger partial charge in [-0.1, -0.05) is 57.4 Å². The third-order valence-electron chi connectivity index (χ3n) is 4.33. The maximum atomic E-state index is 10.6. The quantitative estimate of drug-likeness (QED) is 0.826. The molecule has 94 valence electrons. The van der Waals surface area contributed by atoms with Gasteiger partial charge >= 0.3 is 0 Å². The first-order valence-electron chi connectivity index (χ1n) is 6.92. The number of aliphatic hydroxyl groups excluding tert-OH is 1. The lowest BCUT2D eigenvalue weighted by Crippen LogP contribution is -2.28. The van der Waals surface area contributed by atoms with Gasteiger partial charge in [-0.05, 0) is 35.8 Å².